The van der Waals surface area contributed by atoms with E-state index in [0.717, 1.165) is 24.2 Å². The zero-order valence-electron chi connectivity index (χ0n) is 10.2. The fraction of sp³-hybridized carbons (Fsp3) is 0.833. The zero-order valence-corrected chi connectivity index (χ0v) is 10.2. The largest absolute Gasteiger partial charge is 0.388 e. The molecule has 3 rings (SSSR count). The second kappa shape index (κ2) is 4.38. The van der Waals surface area contributed by atoms with Crippen LogP contribution in [0.1, 0.15) is 36.8 Å². The Morgan fingerprint density at radius 2 is 2.06 bits per heavy atom. The summed E-state index contributed by atoms with van der Waals surface area (Å²) < 4.78 is 7.14. The Labute approximate surface area is 101 Å². The fourth-order valence-corrected chi connectivity index (χ4v) is 3.12. The van der Waals surface area contributed by atoms with E-state index in [-0.39, 0.29) is 6.61 Å². The highest BCUT2D eigenvalue weighted by Crippen LogP contribution is 2.57. The van der Waals surface area contributed by atoms with Crippen LogP contribution < -0.4 is 0 Å². The molecule has 0 aliphatic heterocycles. The van der Waals surface area contributed by atoms with Crippen LogP contribution in [0.25, 0.3) is 0 Å². The van der Waals surface area contributed by atoms with Crippen LogP contribution in [0.4, 0.5) is 0 Å². The first kappa shape index (κ1) is 11.2. The summed E-state index contributed by atoms with van der Waals surface area (Å²) in [5.74, 6) is 4.13. The van der Waals surface area contributed by atoms with Gasteiger partial charge >= 0.3 is 0 Å². The summed E-state index contributed by atoms with van der Waals surface area (Å²) in [5.41, 5.74) is 0. The Kier molecular flexibility index (Phi) is 2.88. The lowest BCUT2D eigenvalue weighted by atomic mass is 10.0. The number of ether oxygens (including phenoxy) is 1. The summed E-state index contributed by atoms with van der Waals surface area (Å²) in [6.45, 7) is 1.33. The molecule has 2 atom stereocenters. The van der Waals surface area contributed by atoms with Gasteiger partial charge in [-0.15, -0.1) is 10.2 Å². The molecule has 2 unspecified atom stereocenters. The van der Waals surface area contributed by atoms with Crippen molar-refractivity contribution in [2.24, 2.45) is 11.8 Å². The SMILES string of the molecule is COCCn1c(CO)nnc1C1CC2CC2C1. The van der Waals surface area contributed by atoms with Crippen LogP contribution in [-0.2, 0) is 17.9 Å². The van der Waals surface area contributed by atoms with Gasteiger partial charge in [0.05, 0.1) is 6.61 Å². The van der Waals surface area contributed by atoms with Gasteiger partial charge in [-0.2, -0.15) is 0 Å². The quantitative estimate of drug-likeness (QED) is 0.827. The fourth-order valence-electron chi connectivity index (χ4n) is 3.12. The standard InChI is InChI=1S/C12H19N3O2/c1-17-3-2-15-11(7-16)13-14-12(15)10-5-8-4-9(8)6-10/h8-10,16H,2-7H2,1H3. The van der Waals surface area contributed by atoms with E-state index in [4.69, 9.17) is 4.74 Å². The van der Waals surface area contributed by atoms with Gasteiger partial charge < -0.3 is 14.4 Å². The number of hydrogen-bond acceptors (Lipinski definition) is 4. The molecular weight excluding hydrogens is 218 g/mol. The molecule has 0 spiro atoms. The lowest BCUT2D eigenvalue weighted by molar-refractivity contribution is 0.181. The van der Waals surface area contributed by atoms with Crippen molar-refractivity contribution >= 4 is 0 Å². The molecule has 94 valence electrons. The lowest BCUT2D eigenvalue weighted by Crippen LogP contribution is -2.14. The highest BCUT2D eigenvalue weighted by Gasteiger charge is 2.47. The lowest BCUT2D eigenvalue weighted by Gasteiger charge is -2.14. The molecule has 2 aliphatic rings. The second-order valence-electron chi connectivity index (χ2n) is 5.20. The molecule has 0 radical (unpaired) electrons. The van der Waals surface area contributed by atoms with Crippen molar-refractivity contribution in [2.75, 3.05) is 13.7 Å². The predicted octanol–water partition coefficient (Wildman–Crippen LogP) is 0.930. The predicted molar refractivity (Wildman–Crippen MR) is 61.4 cm³/mol. The van der Waals surface area contributed by atoms with Crippen LogP contribution in [0, 0.1) is 11.8 Å². The topological polar surface area (TPSA) is 60.2 Å². The van der Waals surface area contributed by atoms with Gasteiger partial charge in [0.15, 0.2) is 5.82 Å². The Bertz CT molecular complexity index is 394. The van der Waals surface area contributed by atoms with E-state index in [0.29, 0.717) is 18.3 Å². The van der Waals surface area contributed by atoms with E-state index in [1.807, 2.05) is 4.57 Å². The van der Waals surface area contributed by atoms with Crippen molar-refractivity contribution in [1.29, 1.82) is 0 Å². The molecule has 5 heteroatoms. The first-order valence-corrected chi connectivity index (χ1v) is 6.35. The van der Waals surface area contributed by atoms with E-state index >= 15 is 0 Å². The molecule has 1 aromatic heterocycles. The van der Waals surface area contributed by atoms with Crippen LogP contribution in [0.15, 0.2) is 0 Å². The number of aromatic nitrogens is 3. The number of aliphatic hydroxyl groups excluding tert-OH is 1. The van der Waals surface area contributed by atoms with Gasteiger partial charge in [0.25, 0.3) is 0 Å². The number of nitrogens with zero attached hydrogens (tertiary/aromatic N) is 3. The van der Waals surface area contributed by atoms with Crippen molar-refractivity contribution in [3.05, 3.63) is 11.6 Å². The average molecular weight is 237 g/mol. The maximum Gasteiger partial charge on any atom is 0.158 e. The van der Waals surface area contributed by atoms with E-state index in [9.17, 15) is 5.11 Å². The molecule has 1 heterocycles. The van der Waals surface area contributed by atoms with Crippen molar-refractivity contribution in [1.82, 2.24) is 14.8 Å². The summed E-state index contributed by atoms with van der Waals surface area (Å²) >= 11 is 0. The van der Waals surface area contributed by atoms with Crippen molar-refractivity contribution in [3.8, 4) is 0 Å². The molecule has 2 aliphatic carbocycles. The molecule has 1 aromatic rings. The van der Waals surface area contributed by atoms with E-state index in [2.05, 4.69) is 10.2 Å². The molecule has 0 amide bonds. The van der Waals surface area contributed by atoms with Gasteiger partial charge in [-0.25, -0.2) is 0 Å². The van der Waals surface area contributed by atoms with E-state index < -0.39 is 0 Å². The Hall–Kier alpha value is -0.940. The maximum atomic E-state index is 9.27. The van der Waals surface area contributed by atoms with Gasteiger partial charge in [-0.1, -0.05) is 0 Å². The third kappa shape index (κ3) is 1.98. The minimum Gasteiger partial charge on any atom is -0.388 e. The zero-order chi connectivity index (χ0) is 11.8. The number of methoxy groups -OCH3 is 1. The Balaban J connectivity index is 1.79. The van der Waals surface area contributed by atoms with Crippen LogP contribution in [-0.4, -0.2) is 33.6 Å². The summed E-state index contributed by atoms with van der Waals surface area (Å²) in [6, 6.07) is 0. The molecule has 5 nitrogen and oxygen atoms in total. The first-order valence-electron chi connectivity index (χ1n) is 6.35. The summed E-state index contributed by atoms with van der Waals surface area (Å²) in [5, 5.41) is 17.6. The summed E-state index contributed by atoms with van der Waals surface area (Å²) in [4.78, 5) is 0. The van der Waals surface area contributed by atoms with Gasteiger partial charge in [0.1, 0.15) is 12.4 Å². The summed E-state index contributed by atoms with van der Waals surface area (Å²) in [7, 11) is 1.69. The third-order valence-electron chi connectivity index (χ3n) is 4.13. The van der Waals surface area contributed by atoms with Gasteiger partial charge in [0, 0.05) is 19.6 Å². The Morgan fingerprint density at radius 1 is 1.29 bits per heavy atom. The molecule has 2 fully saturated rings. The number of fused-ring (bicyclic) bond motifs is 1. The van der Waals surface area contributed by atoms with Gasteiger partial charge in [-0.3, -0.25) is 0 Å². The monoisotopic (exact) mass is 237 g/mol. The molecular formula is C12H19N3O2. The van der Waals surface area contributed by atoms with Crippen LogP contribution in [0.5, 0.6) is 0 Å². The Morgan fingerprint density at radius 3 is 2.71 bits per heavy atom. The van der Waals surface area contributed by atoms with Crippen LogP contribution in [0.2, 0.25) is 0 Å². The second-order valence-corrected chi connectivity index (χ2v) is 5.20. The van der Waals surface area contributed by atoms with Gasteiger partial charge in [-0.05, 0) is 31.1 Å². The maximum absolute atomic E-state index is 9.27. The number of aliphatic hydroxyl groups is 1. The van der Waals surface area contributed by atoms with Crippen molar-refractivity contribution in [2.45, 2.75) is 38.3 Å². The van der Waals surface area contributed by atoms with E-state index in [1.54, 1.807) is 7.11 Å². The molecule has 0 aromatic carbocycles. The average Bonchev–Trinajstić information content (AvgIpc) is 2.79. The van der Waals surface area contributed by atoms with Gasteiger partial charge in [0.2, 0.25) is 0 Å². The minimum absolute atomic E-state index is 0.0453. The summed E-state index contributed by atoms with van der Waals surface area (Å²) in [6.07, 6.45) is 3.91. The third-order valence-corrected chi connectivity index (χ3v) is 4.13. The minimum atomic E-state index is -0.0453. The van der Waals surface area contributed by atoms with E-state index in [1.165, 1.54) is 19.3 Å². The first-order chi connectivity index (χ1) is 8.33. The molecule has 17 heavy (non-hydrogen) atoms. The molecule has 0 bridgehead atoms. The van der Waals surface area contributed by atoms with Crippen molar-refractivity contribution < 1.29 is 9.84 Å². The molecule has 2 saturated carbocycles. The number of hydrogen-bond donors (Lipinski definition) is 1. The highest BCUT2D eigenvalue weighted by molar-refractivity contribution is 5.10. The smallest absolute Gasteiger partial charge is 0.158 e. The van der Waals surface area contributed by atoms with Crippen molar-refractivity contribution in [3.63, 3.8) is 0 Å². The molecule has 0 saturated heterocycles. The molecule has 1 N–H and O–H groups in total. The normalized spacial score (nSPS) is 30.6. The van der Waals surface area contributed by atoms with Crippen LogP contribution >= 0.6 is 0 Å². The highest BCUT2D eigenvalue weighted by atomic mass is 16.5. The van der Waals surface area contributed by atoms with Crippen LogP contribution in [0.3, 0.4) is 0 Å². The number of rotatable bonds is 5.